The number of nitrogens with one attached hydrogen (secondary N) is 2. The van der Waals surface area contributed by atoms with E-state index in [1.807, 2.05) is 0 Å². The summed E-state index contributed by atoms with van der Waals surface area (Å²) in [5.74, 6) is -20.9. The molecule has 12 N–H and O–H groups in total. The van der Waals surface area contributed by atoms with Gasteiger partial charge >= 0.3 is 5.79 Å². The minimum Gasteiger partial charge on any atom is -0.504 e. The van der Waals surface area contributed by atoms with Crippen LogP contribution in [0.1, 0.15) is 27.0 Å². The third kappa shape index (κ3) is 4.36. The van der Waals surface area contributed by atoms with Crippen LogP contribution in [0.25, 0.3) is 0 Å². The molecule has 0 radical (unpaired) electrons. The van der Waals surface area contributed by atoms with Crippen LogP contribution in [0, 0.1) is 5.82 Å². The molecule has 0 spiro atoms. The number of ether oxygens (including phenoxy) is 1. The first-order chi connectivity index (χ1) is 20.9. The van der Waals surface area contributed by atoms with E-state index in [-0.39, 0.29) is 12.1 Å². The molecule has 1 unspecified atom stereocenters. The number of phenolic OH excluding ortho intramolecular Hbond substituents is 6. The first-order valence-corrected chi connectivity index (χ1v) is 13.2. The van der Waals surface area contributed by atoms with Crippen LogP contribution in [0.4, 0.5) is 10.1 Å². The highest BCUT2D eigenvalue weighted by Crippen LogP contribution is 2.52. The lowest BCUT2D eigenvalue weighted by Gasteiger charge is -2.52. The van der Waals surface area contributed by atoms with Crippen molar-refractivity contribution in [1.29, 1.82) is 0 Å². The van der Waals surface area contributed by atoms with Gasteiger partial charge in [0.25, 0.3) is 17.6 Å². The van der Waals surface area contributed by atoms with E-state index in [0.717, 1.165) is 0 Å². The molecule has 3 aliphatic rings. The number of hydrogen-bond acceptors (Lipinski definition) is 16. The molecule has 5 rings (SSSR count). The topological polar surface area (TPSA) is 293 Å². The number of rotatable bonds is 6. The summed E-state index contributed by atoms with van der Waals surface area (Å²) in [7, 11) is 0.654. The van der Waals surface area contributed by atoms with E-state index in [4.69, 9.17) is 4.74 Å². The Morgan fingerprint density at radius 1 is 0.844 bits per heavy atom. The van der Waals surface area contributed by atoms with Gasteiger partial charge in [0, 0.05) is 38.3 Å². The summed E-state index contributed by atoms with van der Waals surface area (Å²) in [6, 6.07) is 0. The smallest absolute Gasteiger partial charge is 0.303 e. The Balaban J connectivity index is 1.52. The second-order valence-electron chi connectivity index (χ2n) is 10.9. The number of anilines is 1. The van der Waals surface area contributed by atoms with Gasteiger partial charge in [-0.1, -0.05) is 0 Å². The summed E-state index contributed by atoms with van der Waals surface area (Å²) >= 11 is 0. The van der Waals surface area contributed by atoms with Gasteiger partial charge in [-0.2, -0.15) is 0 Å². The zero-order chi connectivity index (χ0) is 33.4. The SMILES string of the molecule is BC1(N2Cc3c(NCc4c(O)c(O)c(CN5CCOCC5)c(O)c4F)c(O)c(O)c(O)c3C2=O)C(=O)NC(=O)C(O)(O)C1(O)O. The van der Waals surface area contributed by atoms with E-state index < -0.39 is 111 Å². The number of morpholine rings is 1. The van der Waals surface area contributed by atoms with E-state index in [1.165, 1.54) is 5.32 Å². The minimum absolute atomic E-state index is 0.143. The van der Waals surface area contributed by atoms with Gasteiger partial charge in [-0.05, 0) is 0 Å². The number of phenols is 6. The molecule has 45 heavy (non-hydrogen) atoms. The molecular formula is C25H28BFN4O14. The number of carbonyl (C=O) groups is 3. The van der Waals surface area contributed by atoms with Crippen LogP contribution in [0.2, 0.25) is 0 Å². The first kappa shape index (κ1) is 31.8. The number of carbonyl (C=O) groups excluding carboxylic acids is 3. The normalized spacial score (nSPS) is 22.8. The van der Waals surface area contributed by atoms with E-state index in [1.54, 1.807) is 4.90 Å². The Morgan fingerprint density at radius 2 is 1.44 bits per heavy atom. The average Bonchev–Trinajstić information content (AvgIpc) is 3.34. The predicted octanol–water partition coefficient (Wildman–Crippen LogP) is -4.19. The summed E-state index contributed by atoms with van der Waals surface area (Å²) in [4.78, 5) is 40.3. The second kappa shape index (κ2) is 10.5. The molecule has 3 aliphatic heterocycles. The maximum Gasteiger partial charge on any atom is 0.303 e. The van der Waals surface area contributed by atoms with Crippen LogP contribution < -0.4 is 10.6 Å². The molecule has 20 heteroatoms. The number of nitrogens with zero attached hydrogens (tertiary/aromatic N) is 2. The molecule has 242 valence electrons. The number of piperidine rings is 1. The molecule has 1 atom stereocenters. The third-order valence-electron chi connectivity index (χ3n) is 8.47. The van der Waals surface area contributed by atoms with Crippen LogP contribution in [0.3, 0.4) is 0 Å². The van der Waals surface area contributed by atoms with Crippen molar-refractivity contribution >= 4 is 31.3 Å². The highest BCUT2D eigenvalue weighted by Gasteiger charge is 2.73. The third-order valence-corrected chi connectivity index (χ3v) is 8.47. The predicted molar refractivity (Wildman–Crippen MR) is 145 cm³/mol. The Bertz CT molecular complexity index is 1620. The molecule has 2 aromatic carbocycles. The summed E-state index contributed by atoms with van der Waals surface area (Å²) in [6.45, 7) is -0.415. The van der Waals surface area contributed by atoms with Gasteiger partial charge in [0.15, 0.2) is 42.4 Å². The van der Waals surface area contributed by atoms with Crippen molar-refractivity contribution in [3.63, 3.8) is 0 Å². The summed E-state index contributed by atoms with van der Waals surface area (Å²) in [5.41, 5.74) is -6.01. The number of aliphatic hydroxyl groups is 4. The molecule has 3 amide bonds. The van der Waals surface area contributed by atoms with Crippen LogP contribution in [-0.4, -0.2) is 130 Å². The Morgan fingerprint density at radius 3 is 2.07 bits per heavy atom. The van der Waals surface area contributed by atoms with Crippen molar-refractivity contribution in [2.45, 2.75) is 36.6 Å². The van der Waals surface area contributed by atoms with E-state index >= 15 is 4.39 Å². The number of amides is 3. The van der Waals surface area contributed by atoms with Crippen LogP contribution in [0.5, 0.6) is 34.5 Å². The molecule has 0 aromatic heterocycles. The fourth-order valence-electron chi connectivity index (χ4n) is 5.59. The molecule has 0 bridgehead atoms. The highest BCUT2D eigenvalue weighted by molar-refractivity contribution is 6.34. The monoisotopic (exact) mass is 638 g/mol. The fraction of sp³-hybridized carbons (Fsp3) is 0.400. The second-order valence-corrected chi connectivity index (χ2v) is 10.9. The lowest BCUT2D eigenvalue weighted by atomic mass is 9.63. The van der Waals surface area contributed by atoms with Crippen LogP contribution in [-0.2, 0) is 34.0 Å². The molecular weight excluding hydrogens is 610 g/mol. The number of hydrogen-bond donors (Lipinski definition) is 12. The highest BCUT2D eigenvalue weighted by atomic mass is 19.1. The number of imide groups is 1. The van der Waals surface area contributed by atoms with E-state index in [9.17, 15) is 65.4 Å². The van der Waals surface area contributed by atoms with Crippen molar-refractivity contribution < 1.29 is 74.6 Å². The largest absolute Gasteiger partial charge is 0.504 e. The lowest BCUT2D eigenvalue weighted by molar-refractivity contribution is -0.362. The Labute approximate surface area is 252 Å². The summed E-state index contributed by atoms with van der Waals surface area (Å²) < 4.78 is 20.6. The van der Waals surface area contributed by atoms with Crippen LogP contribution in [0.15, 0.2) is 0 Å². The maximum absolute atomic E-state index is 15.3. The van der Waals surface area contributed by atoms with Crippen LogP contribution >= 0.6 is 0 Å². The molecule has 2 aromatic rings. The number of fused-ring (bicyclic) bond motifs is 1. The first-order valence-electron chi connectivity index (χ1n) is 13.2. The summed E-state index contributed by atoms with van der Waals surface area (Å²) in [5, 5.41) is 109. The summed E-state index contributed by atoms with van der Waals surface area (Å²) in [6.07, 6.45) is 0. The Hall–Kier alpha value is -4.60. The van der Waals surface area contributed by atoms with Gasteiger partial charge in [0.2, 0.25) is 11.7 Å². The minimum atomic E-state index is -4.06. The molecule has 0 aliphatic carbocycles. The van der Waals surface area contributed by atoms with Crippen molar-refractivity contribution in [2.24, 2.45) is 0 Å². The van der Waals surface area contributed by atoms with Gasteiger partial charge < -0.3 is 66.0 Å². The zero-order valence-corrected chi connectivity index (χ0v) is 23.3. The van der Waals surface area contributed by atoms with Gasteiger partial charge in [-0.3, -0.25) is 24.6 Å². The molecule has 3 heterocycles. The van der Waals surface area contributed by atoms with Crippen molar-refractivity contribution in [3.05, 3.63) is 28.1 Å². The van der Waals surface area contributed by atoms with E-state index in [0.29, 0.717) is 39.0 Å². The van der Waals surface area contributed by atoms with Gasteiger partial charge in [0.1, 0.15) is 5.44 Å². The molecule has 2 fully saturated rings. The quantitative estimate of drug-likeness (QED) is 0.0470. The zero-order valence-electron chi connectivity index (χ0n) is 23.3. The van der Waals surface area contributed by atoms with Crippen molar-refractivity contribution in [3.8, 4) is 34.5 Å². The van der Waals surface area contributed by atoms with Crippen molar-refractivity contribution in [1.82, 2.24) is 15.1 Å². The lowest BCUT2D eigenvalue weighted by Crippen LogP contribution is -2.86. The van der Waals surface area contributed by atoms with Crippen molar-refractivity contribution in [2.75, 3.05) is 31.6 Å². The average molecular weight is 638 g/mol. The van der Waals surface area contributed by atoms with Gasteiger partial charge in [0.05, 0.1) is 35.6 Å². The fourth-order valence-corrected chi connectivity index (χ4v) is 5.59. The number of benzene rings is 2. The maximum atomic E-state index is 15.3. The molecule has 2 saturated heterocycles. The van der Waals surface area contributed by atoms with Gasteiger partial charge in [-0.15, -0.1) is 0 Å². The number of aromatic hydroxyl groups is 6. The number of halogens is 1. The van der Waals surface area contributed by atoms with Gasteiger partial charge in [-0.25, -0.2) is 4.39 Å². The Kier molecular flexibility index (Phi) is 7.42. The standard InChI is InChI=1S/C25H28BFN4O14/c26-23(21(39)29-22(40)24(41,42)25(23,43)44)31-7-9-11(20(31)38)17(35)19(37)18(36)13(9)28-5-8-12(27)14(32)10(16(34)15(8)33)6-30-1-3-45-4-2-30/h28,32-37,41-44H,1-7,26H2,(H,29,39,40). The molecule has 0 saturated carbocycles. The molecule has 18 nitrogen and oxygen atoms in total. The van der Waals surface area contributed by atoms with E-state index in [2.05, 4.69) is 5.32 Å².